The smallest absolute Gasteiger partial charge is 0.0197 e. The number of hydrogen-bond donors (Lipinski definition) is 0. The van der Waals surface area contributed by atoms with Crippen LogP contribution in [-0.4, -0.2) is 0 Å². The van der Waals surface area contributed by atoms with Crippen LogP contribution in [0.4, 0.5) is 0 Å². The quantitative estimate of drug-likeness (QED) is 0.573. The Morgan fingerprint density at radius 2 is 1.50 bits per heavy atom. The lowest BCUT2D eigenvalue weighted by Gasteiger charge is -2.79. The monoisotopic (exact) mass is 246 g/mol. The molecule has 0 saturated heterocycles. The Morgan fingerprint density at radius 3 is 2.17 bits per heavy atom. The van der Waals surface area contributed by atoms with Crippen LogP contribution in [0.1, 0.15) is 54.4 Å². The van der Waals surface area contributed by atoms with Gasteiger partial charge >= 0.3 is 0 Å². The number of hydrogen-bond acceptors (Lipinski definition) is 0. The van der Waals surface area contributed by atoms with E-state index in [4.69, 9.17) is 0 Å². The van der Waals surface area contributed by atoms with E-state index < -0.39 is 0 Å². The van der Waals surface area contributed by atoms with Gasteiger partial charge in [-0.2, -0.15) is 0 Å². The molecule has 4 aliphatic rings. The zero-order valence-corrected chi connectivity index (χ0v) is 13.0. The molecule has 18 heavy (non-hydrogen) atoms. The SMILES string of the molecule is CC1CC23C(C)C4CC(C(C)C(C)(C)C2C1C)C43. The third kappa shape index (κ3) is 0.907. The van der Waals surface area contributed by atoms with E-state index in [1.807, 2.05) is 0 Å². The summed E-state index contributed by atoms with van der Waals surface area (Å²) in [5.74, 6) is 8.23. The molecule has 0 heteroatoms. The van der Waals surface area contributed by atoms with Crippen molar-refractivity contribution in [2.75, 3.05) is 0 Å². The largest absolute Gasteiger partial charge is 0.0622 e. The summed E-state index contributed by atoms with van der Waals surface area (Å²) in [6.45, 7) is 15.5. The summed E-state index contributed by atoms with van der Waals surface area (Å²) in [5, 5.41) is 0. The molecule has 0 aromatic rings. The molecule has 9 unspecified atom stereocenters. The Kier molecular flexibility index (Phi) is 1.98. The maximum Gasteiger partial charge on any atom is -0.0197 e. The van der Waals surface area contributed by atoms with Gasteiger partial charge in [-0.05, 0) is 71.0 Å². The molecule has 0 bridgehead atoms. The predicted molar refractivity (Wildman–Crippen MR) is 76.1 cm³/mol. The Bertz CT molecular complexity index is 395. The van der Waals surface area contributed by atoms with Gasteiger partial charge in [0.25, 0.3) is 0 Å². The Balaban J connectivity index is 1.85. The van der Waals surface area contributed by atoms with Crippen molar-refractivity contribution >= 4 is 0 Å². The molecular weight excluding hydrogens is 216 g/mol. The summed E-state index contributed by atoms with van der Waals surface area (Å²) in [6, 6.07) is 0. The van der Waals surface area contributed by atoms with Crippen molar-refractivity contribution < 1.29 is 0 Å². The molecule has 0 amide bonds. The van der Waals surface area contributed by atoms with Gasteiger partial charge in [0.15, 0.2) is 0 Å². The van der Waals surface area contributed by atoms with Gasteiger partial charge in [0.2, 0.25) is 0 Å². The van der Waals surface area contributed by atoms with Gasteiger partial charge in [0.05, 0.1) is 0 Å². The van der Waals surface area contributed by atoms with E-state index in [2.05, 4.69) is 41.5 Å². The Hall–Kier alpha value is 0. The average molecular weight is 246 g/mol. The lowest BCUT2D eigenvalue weighted by atomic mass is 9.26. The molecule has 0 nitrogen and oxygen atoms in total. The summed E-state index contributed by atoms with van der Waals surface area (Å²) in [4.78, 5) is 0. The van der Waals surface area contributed by atoms with Gasteiger partial charge in [-0.25, -0.2) is 0 Å². The lowest BCUT2D eigenvalue weighted by Crippen LogP contribution is -2.74. The molecule has 4 saturated carbocycles. The Morgan fingerprint density at radius 1 is 0.889 bits per heavy atom. The number of rotatable bonds is 0. The summed E-state index contributed by atoms with van der Waals surface area (Å²) in [6.07, 6.45) is 3.11. The van der Waals surface area contributed by atoms with Crippen LogP contribution in [0.25, 0.3) is 0 Å². The molecule has 9 atom stereocenters. The predicted octanol–water partition coefficient (Wildman–Crippen LogP) is 4.84. The second-order valence-corrected chi connectivity index (χ2v) is 9.12. The summed E-state index contributed by atoms with van der Waals surface area (Å²) in [7, 11) is 0. The molecule has 0 aliphatic heterocycles. The van der Waals surface area contributed by atoms with Crippen LogP contribution in [0.5, 0.6) is 0 Å². The minimum Gasteiger partial charge on any atom is -0.0622 e. The summed E-state index contributed by atoms with van der Waals surface area (Å²) >= 11 is 0. The van der Waals surface area contributed by atoms with Gasteiger partial charge in [-0.3, -0.25) is 0 Å². The molecule has 4 aliphatic carbocycles. The van der Waals surface area contributed by atoms with Crippen LogP contribution in [0.2, 0.25) is 0 Å². The topological polar surface area (TPSA) is 0 Å². The van der Waals surface area contributed by atoms with Crippen LogP contribution in [0, 0.1) is 58.2 Å². The second kappa shape index (κ2) is 3.01. The van der Waals surface area contributed by atoms with E-state index in [9.17, 15) is 0 Å². The first-order valence-corrected chi connectivity index (χ1v) is 8.33. The normalized spacial score (nSPS) is 67.7. The third-order valence-electron chi connectivity index (χ3n) is 8.87. The van der Waals surface area contributed by atoms with Crippen LogP contribution >= 0.6 is 0 Å². The first-order chi connectivity index (χ1) is 8.33. The summed E-state index contributed by atoms with van der Waals surface area (Å²) < 4.78 is 0. The molecule has 4 fully saturated rings. The molecule has 0 aromatic carbocycles. The van der Waals surface area contributed by atoms with Crippen LogP contribution in [0.15, 0.2) is 0 Å². The molecular formula is C18H30. The zero-order chi connectivity index (χ0) is 13.0. The maximum atomic E-state index is 2.60. The van der Waals surface area contributed by atoms with Crippen molar-refractivity contribution in [2.45, 2.75) is 54.4 Å². The van der Waals surface area contributed by atoms with E-state index >= 15 is 0 Å². The van der Waals surface area contributed by atoms with Crippen molar-refractivity contribution in [1.29, 1.82) is 0 Å². The fourth-order valence-corrected chi connectivity index (χ4v) is 7.85. The van der Waals surface area contributed by atoms with E-state index in [0.717, 1.165) is 52.8 Å². The summed E-state index contributed by atoms with van der Waals surface area (Å²) in [5.41, 5.74) is 1.34. The van der Waals surface area contributed by atoms with Crippen molar-refractivity contribution in [3.8, 4) is 0 Å². The van der Waals surface area contributed by atoms with Crippen LogP contribution in [0.3, 0.4) is 0 Å². The molecule has 102 valence electrons. The van der Waals surface area contributed by atoms with E-state index in [1.54, 1.807) is 12.8 Å². The molecule has 0 N–H and O–H groups in total. The van der Waals surface area contributed by atoms with Crippen molar-refractivity contribution in [2.24, 2.45) is 58.2 Å². The van der Waals surface area contributed by atoms with Crippen LogP contribution in [-0.2, 0) is 0 Å². The highest BCUT2D eigenvalue weighted by Gasteiger charge is 2.78. The minimum absolute atomic E-state index is 0.574. The fraction of sp³-hybridized carbons (Fsp3) is 1.00. The zero-order valence-electron chi connectivity index (χ0n) is 13.0. The minimum atomic E-state index is 0.574. The molecule has 4 rings (SSSR count). The van der Waals surface area contributed by atoms with Gasteiger partial charge in [-0.15, -0.1) is 0 Å². The van der Waals surface area contributed by atoms with Crippen molar-refractivity contribution in [3.05, 3.63) is 0 Å². The molecule has 0 aromatic heterocycles. The van der Waals surface area contributed by atoms with E-state index in [0.29, 0.717) is 5.41 Å². The van der Waals surface area contributed by atoms with Crippen molar-refractivity contribution in [1.82, 2.24) is 0 Å². The second-order valence-electron chi connectivity index (χ2n) is 9.12. The maximum absolute atomic E-state index is 2.60. The Labute approximate surface area is 113 Å². The van der Waals surface area contributed by atoms with Crippen LogP contribution < -0.4 is 0 Å². The van der Waals surface area contributed by atoms with Crippen molar-refractivity contribution in [3.63, 3.8) is 0 Å². The first kappa shape index (κ1) is 11.8. The van der Waals surface area contributed by atoms with E-state index in [1.165, 1.54) is 0 Å². The third-order valence-corrected chi connectivity index (χ3v) is 8.87. The van der Waals surface area contributed by atoms with Gasteiger partial charge in [0, 0.05) is 0 Å². The highest BCUT2D eigenvalue weighted by atomic mass is 14.8. The molecule has 1 spiro atoms. The average Bonchev–Trinajstić information content (AvgIpc) is 2.51. The fourth-order valence-electron chi connectivity index (χ4n) is 7.85. The highest BCUT2D eigenvalue weighted by molar-refractivity contribution is 5.26. The lowest BCUT2D eigenvalue weighted by molar-refractivity contribution is -0.314. The van der Waals surface area contributed by atoms with Gasteiger partial charge < -0.3 is 0 Å². The van der Waals surface area contributed by atoms with Gasteiger partial charge in [-0.1, -0.05) is 41.5 Å². The van der Waals surface area contributed by atoms with Gasteiger partial charge in [0.1, 0.15) is 0 Å². The first-order valence-electron chi connectivity index (χ1n) is 8.33. The highest BCUT2D eigenvalue weighted by Crippen LogP contribution is 2.83. The molecule has 0 radical (unpaired) electrons. The standard InChI is InChI=1S/C18H30/c1-9-8-18-12(4)14-7-13(15(14)18)11(3)17(5,6)16(18)10(9)2/h9-16H,7-8H2,1-6H3. The van der Waals surface area contributed by atoms with E-state index in [-0.39, 0.29) is 0 Å². The molecule has 0 heterocycles.